The number of aliphatic hydroxyl groups is 1. The van der Waals surface area contributed by atoms with Gasteiger partial charge in [-0.15, -0.1) is 0 Å². The molecule has 220 valence electrons. The molecule has 0 spiro atoms. The molecule has 2 aliphatic rings. The summed E-state index contributed by atoms with van der Waals surface area (Å²) in [6.07, 6.45) is 0.393. The Balaban J connectivity index is 1.34. The average Bonchev–Trinajstić information content (AvgIpc) is 3.59. The fourth-order valence-corrected chi connectivity index (χ4v) is 6.46. The van der Waals surface area contributed by atoms with Gasteiger partial charge in [0.15, 0.2) is 0 Å². The molecular formula is C27H31FN3O9P. The van der Waals surface area contributed by atoms with E-state index in [1.807, 2.05) is 23.2 Å². The fraction of sp³-hybridized carbons (Fsp3) is 0.444. The van der Waals surface area contributed by atoms with E-state index in [0.29, 0.717) is 11.6 Å². The lowest BCUT2D eigenvalue weighted by molar-refractivity contribution is -0.150. The lowest BCUT2D eigenvalue weighted by atomic mass is 10.1. The first-order valence-corrected chi connectivity index (χ1v) is 14.9. The van der Waals surface area contributed by atoms with Gasteiger partial charge in [-0.25, -0.2) is 9.36 Å². The smallest absolute Gasteiger partial charge is 0.459 e. The van der Waals surface area contributed by atoms with Crippen LogP contribution in [0.1, 0.15) is 45.3 Å². The maximum Gasteiger partial charge on any atom is 0.459 e. The van der Waals surface area contributed by atoms with Gasteiger partial charge < -0.3 is 19.1 Å². The van der Waals surface area contributed by atoms with E-state index in [4.69, 9.17) is 18.5 Å². The highest BCUT2D eigenvalue weighted by molar-refractivity contribution is 7.52. The number of rotatable bonds is 10. The summed E-state index contributed by atoms with van der Waals surface area (Å²) < 4.78 is 51.5. The summed E-state index contributed by atoms with van der Waals surface area (Å²) in [5, 5.41) is 14.7. The summed E-state index contributed by atoms with van der Waals surface area (Å²) in [5.74, 6) is -1.58. The van der Waals surface area contributed by atoms with Crippen LogP contribution in [0.4, 0.5) is 4.39 Å². The number of carbonyl (C=O) groups is 1. The van der Waals surface area contributed by atoms with Gasteiger partial charge in [-0.1, -0.05) is 36.4 Å². The normalized spacial score (nSPS) is 23.3. The number of ether oxygens (including phenoxy) is 2. The Labute approximate surface area is 234 Å². The van der Waals surface area contributed by atoms with Crippen molar-refractivity contribution in [1.29, 1.82) is 0 Å². The third-order valence-corrected chi connectivity index (χ3v) is 8.74. The Morgan fingerprint density at radius 2 is 1.95 bits per heavy atom. The minimum Gasteiger partial charge on any atom is -0.461 e. The van der Waals surface area contributed by atoms with Crippen LogP contribution in [0.15, 0.2) is 58.3 Å². The van der Waals surface area contributed by atoms with Gasteiger partial charge in [-0.2, -0.15) is 9.48 Å². The minimum atomic E-state index is -4.31. The van der Waals surface area contributed by atoms with E-state index in [1.54, 1.807) is 24.3 Å². The van der Waals surface area contributed by atoms with Gasteiger partial charge >= 0.3 is 19.4 Å². The van der Waals surface area contributed by atoms with Crippen molar-refractivity contribution >= 4 is 24.5 Å². The van der Waals surface area contributed by atoms with Crippen molar-refractivity contribution in [2.45, 2.75) is 69.6 Å². The molecular weight excluding hydrogens is 560 g/mol. The van der Waals surface area contributed by atoms with Crippen LogP contribution in [0.5, 0.6) is 5.75 Å². The standard InChI is InChI=1S/C27H31FN3O9P/c1-16(26(34)38-18-9-3-4-10-18)30-41(36,40-22-12-6-8-17-7-2-5-11-19(17)22)37-15-23-21(32)13-24(39-23)31-14-20(28)25(33)29-27(31)35/h2,5-8,11-12,14,16,18,21,23-24,32H,3-4,9-10,13,15H2,1H3,(H,30,36)(H,29,33,35)/t16-,21?,23+,24+,41?/m0/s1. The van der Waals surface area contributed by atoms with Gasteiger partial charge in [-0.05, 0) is 44.1 Å². The summed E-state index contributed by atoms with van der Waals surface area (Å²) in [6.45, 7) is 1.01. The molecule has 2 fully saturated rings. The number of H-pyrrole nitrogens is 1. The lowest BCUT2D eigenvalue weighted by Crippen LogP contribution is -2.37. The van der Waals surface area contributed by atoms with Crippen LogP contribution in [-0.4, -0.2) is 51.6 Å². The van der Waals surface area contributed by atoms with Crippen molar-refractivity contribution in [3.8, 4) is 5.75 Å². The second kappa shape index (κ2) is 12.3. The zero-order valence-electron chi connectivity index (χ0n) is 22.2. The number of hydrogen-bond acceptors (Lipinski definition) is 9. The molecule has 0 radical (unpaired) electrons. The summed E-state index contributed by atoms with van der Waals surface area (Å²) >= 11 is 0. The Kier molecular flexibility index (Phi) is 8.71. The molecule has 2 unspecified atom stereocenters. The first-order valence-electron chi connectivity index (χ1n) is 13.4. The summed E-state index contributed by atoms with van der Waals surface area (Å²) in [5.41, 5.74) is -2.10. The first-order chi connectivity index (χ1) is 19.6. The Morgan fingerprint density at radius 3 is 2.73 bits per heavy atom. The highest BCUT2D eigenvalue weighted by Crippen LogP contribution is 2.47. The van der Waals surface area contributed by atoms with Crippen LogP contribution >= 0.6 is 7.75 Å². The Bertz CT molecular complexity index is 1570. The molecule has 1 aliphatic carbocycles. The second-order valence-corrected chi connectivity index (χ2v) is 11.8. The second-order valence-electron chi connectivity index (χ2n) is 10.1. The molecule has 3 N–H and O–H groups in total. The Hall–Kier alpha value is -3.35. The molecule has 3 aromatic rings. The highest BCUT2D eigenvalue weighted by atomic mass is 31.2. The van der Waals surface area contributed by atoms with Crippen LogP contribution in [0, 0.1) is 5.82 Å². The molecule has 5 atom stereocenters. The zero-order valence-corrected chi connectivity index (χ0v) is 23.1. The fourth-order valence-electron chi connectivity index (χ4n) is 4.94. The minimum absolute atomic E-state index is 0.133. The molecule has 1 aromatic heterocycles. The molecule has 5 rings (SSSR count). The highest BCUT2D eigenvalue weighted by Gasteiger charge is 2.40. The van der Waals surface area contributed by atoms with Crippen LogP contribution < -0.4 is 20.9 Å². The number of benzene rings is 2. The number of esters is 1. The van der Waals surface area contributed by atoms with Crippen molar-refractivity contribution in [2.75, 3.05) is 6.61 Å². The van der Waals surface area contributed by atoms with E-state index < -0.39 is 61.9 Å². The van der Waals surface area contributed by atoms with Gasteiger partial charge in [0, 0.05) is 11.8 Å². The molecule has 41 heavy (non-hydrogen) atoms. The number of carbonyl (C=O) groups excluding carboxylic acids is 1. The molecule has 1 saturated carbocycles. The van der Waals surface area contributed by atoms with Gasteiger partial charge in [0.05, 0.1) is 18.9 Å². The molecule has 2 heterocycles. The number of hydrogen-bond donors (Lipinski definition) is 3. The van der Waals surface area contributed by atoms with Crippen LogP contribution in [0.3, 0.4) is 0 Å². The molecule has 1 aliphatic heterocycles. The number of halogens is 1. The maximum atomic E-state index is 14.1. The van der Waals surface area contributed by atoms with Crippen molar-refractivity contribution in [1.82, 2.24) is 14.6 Å². The average molecular weight is 592 g/mol. The van der Waals surface area contributed by atoms with Crippen LogP contribution in [-0.2, 0) is 23.4 Å². The zero-order chi connectivity index (χ0) is 29.1. The summed E-state index contributed by atoms with van der Waals surface area (Å²) in [7, 11) is -4.31. The van der Waals surface area contributed by atoms with Gasteiger partial charge in [0.1, 0.15) is 30.2 Å². The van der Waals surface area contributed by atoms with E-state index in [1.165, 1.54) is 6.92 Å². The molecule has 0 amide bonds. The van der Waals surface area contributed by atoms with Crippen molar-refractivity contribution in [3.05, 3.63) is 75.3 Å². The first kappa shape index (κ1) is 29.2. The number of aromatic nitrogens is 2. The quantitative estimate of drug-likeness (QED) is 0.236. The SMILES string of the molecule is C[C@H](NP(=O)(OC[C@H]1O[C@@H](n2cc(F)c(=O)[nH]c2=O)CC1O)Oc1cccc2ccccc12)C(=O)OC1CCCC1. The maximum absolute atomic E-state index is 14.1. The van der Waals surface area contributed by atoms with E-state index in [-0.39, 0.29) is 18.3 Å². The predicted molar refractivity (Wildman–Crippen MR) is 145 cm³/mol. The van der Waals surface area contributed by atoms with Crippen molar-refractivity contribution in [3.63, 3.8) is 0 Å². The van der Waals surface area contributed by atoms with E-state index in [0.717, 1.165) is 35.6 Å². The van der Waals surface area contributed by atoms with Crippen LogP contribution in [0.25, 0.3) is 10.8 Å². The largest absolute Gasteiger partial charge is 0.461 e. The third-order valence-electron chi connectivity index (χ3n) is 7.11. The lowest BCUT2D eigenvalue weighted by Gasteiger charge is -2.25. The molecule has 14 heteroatoms. The molecule has 2 aromatic carbocycles. The monoisotopic (exact) mass is 591 g/mol. The predicted octanol–water partition coefficient (Wildman–Crippen LogP) is 3.14. The topological polar surface area (TPSA) is 158 Å². The number of nitrogens with zero attached hydrogens (tertiary/aromatic N) is 1. The van der Waals surface area contributed by atoms with E-state index in [9.17, 15) is 28.4 Å². The van der Waals surface area contributed by atoms with Crippen molar-refractivity contribution in [2.24, 2.45) is 0 Å². The number of aromatic amines is 1. The Morgan fingerprint density at radius 1 is 1.22 bits per heavy atom. The summed E-state index contributed by atoms with van der Waals surface area (Å²) in [6, 6.07) is 11.4. The van der Waals surface area contributed by atoms with Crippen molar-refractivity contribution < 1.29 is 37.4 Å². The number of fused-ring (bicyclic) bond motifs is 1. The van der Waals surface area contributed by atoms with Gasteiger partial charge in [0.25, 0.3) is 5.56 Å². The number of nitrogens with one attached hydrogen (secondary N) is 2. The van der Waals surface area contributed by atoms with E-state index >= 15 is 0 Å². The third kappa shape index (κ3) is 6.77. The van der Waals surface area contributed by atoms with Gasteiger partial charge in [-0.3, -0.25) is 23.7 Å². The molecule has 1 saturated heterocycles. The van der Waals surface area contributed by atoms with Crippen LogP contribution in [0.2, 0.25) is 0 Å². The molecule has 0 bridgehead atoms. The van der Waals surface area contributed by atoms with Gasteiger partial charge in [0.2, 0.25) is 5.82 Å². The number of aliphatic hydroxyl groups excluding tert-OH is 1. The summed E-state index contributed by atoms with van der Waals surface area (Å²) in [4.78, 5) is 38.1. The van der Waals surface area contributed by atoms with E-state index in [2.05, 4.69) is 5.09 Å². The molecule has 12 nitrogen and oxygen atoms in total.